The number of nitrogens with two attached hydrogens (primary N) is 1. The minimum atomic E-state index is -3.70. The van der Waals surface area contributed by atoms with Gasteiger partial charge in [0.1, 0.15) is 19.0 Å². The van der Waals surface area contributed by atoms with Gasteiger partial charge in [0, 0.05) is 5.57 Å². The lowest BCUT2D eigenvalue weighted by Gasteiger charge is -2.07. The summed E-state index contributed by atoms with van der Waals surface area (Å²) in [7, 11) is -3.70. The molecule has 19 heavy (non-hydrogen) atoms. The summed E-state index contributed by atoms with van der Waals surface area (Å²) >= 11 is 0. The largest absolute Gasteiger partial charge is 0.490 e. The summed E-state index contributed by atoms with van der Waals surface area (Å²) in [5.41, 5.74) is 0.317. The molecule has 0 spiro atoms. The first-order valence-electron chi connectivity index (χ1n) is 5.39. The number of carbonyl (C=O) groups excluding carboxylic acids is 1. The zero-order valence-electron chi connectivity index (χ0n) is 10.5. The maximum absolute atomic E-state index is 11.1. The number of benzene rings is 1. The Morgan fingerprint density at radius 3 is 2.32 bits per heavy atom. The predicted molar refractivity (Wildman–Crippen MR) is 69.1 cm³/mol. The van der Waals surface area contributed by atoms with Crippen molar-refractivity contribution in [3.63, 3.8) is 0 Å². The molecule has 104 valence electrons. The number of esters is 1. The van der Waals surface area contributed by atoms with Crippen LogP contribution in [0.5, 0.6) is 5.75 Å². The fourth-order valence-electron chi connectivity index (χ4n) is 1.14. The van der Waals surface area contributed by atoms with Gasteiger partial charge in [-0.3, -0.25) is 0 Å². The molecule has 0 aliphatic carbocycles. The Labute approximate surface area is 111 Å². The highest BCUT2D eigenvalue weighted by atomic mass is 32.2. The number of primary sulfonamides is 1. The molecule has 2 N–H and O–H groups in total. The maximum atomic E-state index is 11.1. The number of carbonyl (C=O) groups is 1. The summed E-state index contributed by atoms with van der Waals surface area (Å²) in [5, 5.41) is 4.96. The van der Waals surface area contributed by atoms with Crippen LogP contribution in [-0.2, 0) is 19.6 Å². The van der Waals surface area contributed by atoms with Crippen LogP contribution in [0.4, 0.5) is 0 Å². The summed E-state index contributed by atoms with van der Waals surface area (Å²) in [6.45, 7) is 5.24. The van der Waals surface area contributed by atoms with Gasteiger partial charge in [-0.05, 0) is 31.2 Å². The first-order chi connectivity index (χ1) is 8.80. The van der Waals surface area contributed by atoms with Crippen LogP contribution < -0.4 is 9.88 Å². The number of rotatable bonds is 6. The minimum absolute atomic E-state index is 0.00793. The van der Waals surface area contributed by atoms with Crippen molar-refractivity contribution in [3.05, 3.63) is 36.4 Å². The second kappa shape index (κ2) is 6.35. The second-order valence-electron chi connectivity index (χ2n) is 3.78. The van der Waals surface area contributed by atoms with Crippen LogP contribution in [0.15, 0.2) is 41.3 Å². The number of hydrogen-bond acceptors (Lipinski definition) is 5. The van der Waals surface area contributed by atoms with Gasteiger partial charge in [-0.1, -0.05) is 6.58 Å². The molecule has 0 heterocycles. The van der Waals surface area contributed by atoms with Gasteiger partial charge in [0.25, 0.3) is 0 Å². The van der Waals surface area contributed by atoms with Crippen LogP contribution in [-0.4, -0.2) is 27.6 Å². The van der Waals surface area contributed by atoms with E-state index in [1.807, 2.05) is 0 Å². The smallest absolute Gasteiger partial charge is 0.333 e. The van der Waals surface area contributed by atoms with Crippen molar-refractivity contribution in [3.8, 4) is 5.75 Å². The highest BCUT2D eigenvalue weighted by Gasteiger charge is 2.07. The van der Waals surface area contributed by atoms with Crippen molar-refractivity contribution >= 4 is 16.0 Å². The van der Waals surface area contributed by atoms with E-state index in [0.29, 0.717) is 11.3 Å². The quantitative estimate of drug-likeness (QED) is 0.474. The van der Waals surface area contributed by atoms with E-state index in [1.54, 1.807) is 6.92 Å². The molecule has 1 aromatic rings. The Hall–Kier alpha value is -1.86. The molecule has 0 unspecified atom stereocenters. The standard InChI is InChI=1S/C12H15NO5S/c1-9(2)12(14)18-8-7-17-10-3-5-11(6-4-10)19(13,15)16/h3-6H,1,7-8H2,2H3,(H2,13,15,16). The summed E-state index contributed by atoms with van der Waals surface area (Å²) in [6, 6.07) is 5.62. The van der Waals surface area contributed by atoms with Crippen LogP contribution in [0.1, 0.15) is 6.92 Å². The Balaban J connectivity index is 2.43. The fraction of sp³-hybridized carbons (Fsp3) is 0.250. The summed E-state index contributed by atoms with van der Waals surface area (Å²) < 4.78 is 32.1. The molecule has 0 radical (unpaired) electrons. The molecular formula is C12H15NO5S. The second-order valence-corrected chi connectivity index (χ2v) is 5.34. The molecular weight excluding hydrogens is 270 g/mol. The topological polar surface area (TPSA) is 95.7 Å². The van der Waals surface area contributed by atoms with Gasteiger partial charge in [0.2, 0.25) is 10.0 Å². The van der Waals surface area contributed by atoms with E-state index >= 15 is 0 Å². The molecule has 0 bridgehead atoms. The fourth-order valence-corrected chi connectivity index (χ4v) is 1.66. The van der Waals surface area contributed by atoms with Gasteiger partial charge in [-0.2, -0.15) is 0 Å². The average Bonchev–Trinajstić information content (AvgIpc) is 2.33. The molecule has 6 nitrogen and oxygen atoms in total. The van der Waals surface area contributed by atoms with Gasteiger partial charge < -0.3 is 9.47 Å². The third-order valence-corrected chi connectivity index (χ3v) is 3.02. The van der Waals surface area contributed by atoms with Crippen molar-refractivity contribution in [2.45, 2.75) is 11.8 Å². The van der Waals surface area contributed by atoms with Crippen LogP contribution in [0, 0.1) is 0 Å². The Morgan fingerprint density at radius 2 is 1.84 bits per heavy atom. The molecule has 7 heteroatoms. The zero-order valence-corrected chi connectivity index (χ0v) is 11.3. The minimum Gasteiger partial charge on any atom is -0.490 e. The summed E-state index contributed by atoms with van der Waals surface area (Å²) in [5.74, 6) is -0.0213. The van der Waals surface area contributed by atoms with Crippen molar-refractivity contribution in [1.82, 2.24) is 0 Å². The Bertz CT molecular complexity index is 562. The normalized spacial score (nSPS) is 10.8. The van der Waals surface area contributed by atoms with E-state index < -0.39 is 16.0 Å². The van der Waals surface area contributed by atoms with Gasteiger partial charge >= 0.3 is 5.97 Å². The average molecular weight is 285 g/mol. The van der Waals surface area contributed by atoms with E-state index in [9.17, 15) is 13.2 Å². The van der Waals surface area contributed by atoms with Crippen molar-refractivity contribution in [1.29, 1.82) is 0 Å². The van der Waals surface area contributed by atoms with Crippen LogP contribution >= 0.6 is 0 Å². The Morgan fingerprint density at radius 1 is 1.26 bits per heavy atom. The summed E-state index contributed by atoms with van der Waals surface area (Å²) in [4.78, 5) is 11.1. The first-order valence-corrected chi connectivity index (χ1v) is 6.93. The lowest BCUT2D eigenvalue weighted by Crippen LogP contribution is -2.13. The van der Waals surface area contributed by atoms with Crippen LogP contribution in [0.25, 0.3) is 0 Å². The summed E-state index contributed by atoms with van der Waals surface area (Å²) in [6.07, 6.45) is 0. The lowest BCUT2D eigenvalue weighted by atomic mass is 10.3. The van der Waals surface area contributed by atoms with Crippen LogP contribution in [0.3, 0.4) is 0 Å². The number of sulfonamides is 1. The monoisotopic (exact) mass is 285 g/mol. The lowest BCUT2D eigenvalue weighted by molar-refractivity contribution is -0.139. The van der Waals surface area contributed by atoms with Gasteiger partial charge in [0.05, 0.1) is 4.90 Å². The van der Waals surface area contributed by atoms with Crippen molar-refractivity contribution < 1.29 is 22.7 Å². The molecule has 1 rings (SSSR count). The molecule has 0 fully saturated rings. The molecule has 0 aromatic heterocycles. The van der Waals surface area contributed by atoms with Crippen molar-refractivity contribution in [2.24, 2.45) is 5.14 Å². The maximum Gasteiger partial charge on any atom is 0.333 e. The predicted octanol–water partition coefficient (Wildman–Crippen LogP) is 0.832. The third kappa shape index (κ3) is 5.11. The molecule has 0 atom stereocenters. The van der Waals surface area contributed by atoms with E-state index in [-0.39, 0.29) is 18.1 Å². The van der Waals surface area contributed by atoms with E-state index in [0.717, 1.165) is 0 Å². The third-order valence-electron chi connectivity index (χ3n) is 2.09. The zero-order chi connectivity index (χ0) is 14.5. The van der Waals surface area contributed by atoms with Gasteiger partial charge in [-0.25, -0.2) is 18.4 Å². The molecule has 1 aromatic carbocycles. The van der Waals surface area contributed by atoms with E-state index in [1.165, 1.54) is 24.3 Å². The molecule has 0 saturated heterocycles. The number of hydrogen-bond donors (Lipinski definition) is 1. The van der Waals surface area contributed by atoms with Gasteiger partial charge in [-0.15, -0.1) is 0 Å². The highest BCUT2D eigenvalue weighted by molar-refractivity contribution is 7.89. The highest BCUT2D eigenvalue weighted by Crippen LogP contribution is 2.14. The first kappa shape index (κ1) is 15.2. The number of ether oxygens (including phenoxy) is 2. The SMILES string of the molecule is C=C(C)C(=O)OCCOc1ccc(S(N)(=O)=O)cc1. The van der Waals surface area contributed by atoms with E-state index in [4.69, 9.17) is 14.6 Å². The molecule has 0 aliphatic rings. The van der Waals surface area contributed by atoms with Gasteiger partial charge in [0.15, 0.2) is 0 Å². The van der Waals surface area contributed by atoms with Crippen LogP contribution in [0.2, 0.25) is 0 Å². The van der Waals surface area contributed by atoms with Crippen molar-refractivity contribution in [2.75, 3.05) is 13.2 Å². The molecule has 0 aliphatic heterocycles. The molecule has 0 amide bonds. The van der Waals surface area contributed by atoms with E-state index in [2.05, 4.69) is 6.58 Å². The Kier molecular flexibility index (Phi) is 5.08. The molecule has 0 saturated carbocycles.